The van der Waals surface area contributed by atoms with Gasteiger partial charge in [-0.2, -0.15) is 0 Å². The van der Waals surface area contributed by atoms with Crippen LogP contribution < -0.4 is 24.8 Å². The fourth-order valence-electron chi connectivity index (χ4n) is 1.35. The van der Waals surface area contributed by atoms with Crippen molar-refractivity contribution in [3.05, 3.63) is 71.8 Å². The summed E-state index contributed by atoms with van der Waals surface area (Å²) in [6.07, 6.45) is 0. The first kappa shape index (κ1) is 14.7. The maximum Gasteiger partial charge on any atom is 0.193 e. The number of benzene rings is 2. The van der Waals surface area contributed by atoms with Crippen molar-refractivity contribution in [1.29, 1.82) is 0 Å². The zero-order valence-corrected chi connectivity index (χ0v) is 9.95. The minimum atomic E-state index is 0. The van der Waals surface area contributed by atoms with Crippen LogP contribution in [0.15, 0.2) is 60.7 Å². The van der Waals surface area contributed by atoms with E-state index in [4.69, 9.17) is 0 Å². The first-order valence-corrected chi connectivity index (χ1v) is 4.53. The maximum absolute atomic E-state index is 11.8. The second kappa shape index (κ2) is 7.04. The number of rotatable bonds is 2. The zero-order chi connectivity index (χ0) is 9.80. The molecule has 0 heterocycles. The molecule has 2 rings (SSSR count). The van der Waals surface area contributed by atoms with E-state index in [9.17, 15) is 4.79 Å². The fraction of sp³-hybridized carbons (Fsp3) is 0. The molecular formula is C13H10Cl2O-2. The van der Waals surface area contributed by atoms with Crippen LogP contribution in [0.25, 0.3) is 0 Å². The summed E-state index contributed by atoms with van der Waals surface area (Å²) in [7, 11) is 0. The van der Waals surface area contributed by atoms with Gasteiger partial charge >= 0.3 is 0 Å². The van der Waals surface area contributed by atoms with Gasteiger partial charge in [0.15, 0.2) is 5.78 Å². The van der Waals surface area contributed by atoms with Crippen LogP contribution in [0.2, 0.25) is 0 Å². The third-order valence-corrected chi connectivity index (χ3v) is 2.07. The molecule has 2 aromatic carbocycles. The Morgan fingerprint density at radius 3 is 1.25 bits per heavy atom. The molecular weight excluding hydrogens is 243 g/mol. The van der Waals surface area contributed by atoms with E-state index in [-0.39, 0.29) is 30.6 Å². The van der Waals surface area contributed by atoms with Crippen molar-refractivity contribution in [2.75, 3.05) is 0 Å². The third-order valence-electron chi connectivity index (χ3n) is 2.07. The molecule has 2 aromatic rings. The molecule has 0 saturated carbocycles. The molecule has 0 unspecified atom stereocenters. The second-order valence-electron chi connectivity index (χ2n) is 3.06. The molecule has 0 saturated heterocycles. The lowest BCUT2D eigenvalue weighted by Crippen LogP contribution is -3.00. The molecule has 0 radical (unpaired) electrons. The Bertz CT molecular complexity index is 385. The van der Waals surface area contributed by atoms with Crippen LogP contribution in [-0.4, -0.2) is 5.78 Å². The number of hydrogen-bond acceptors (Lipinski definition) is 1. The molecule has 16 heavy (non-hydrogen) atoms. The van der Waals surface area contributed by atoms with Crippen LogP contribution in [-0.2, 0) is 0 Å². The van der Waals surface area contributed by atoms with E-state index in [1.807, 2.05) is 60.7 Å². The number of carbonyl (C=O) groups is 1. The van der Waals surface area contributed by atoms with Crippen molar-refractivity contribution < 1.29 is 29.6 Å². The van der Waals surface area contributed by atoms with Gasteiger partial charge in [0.05, 0.1) is 0 Å². The monoisotopic (exact) mass is 252 g/mol. The van der Waals surface area contributed by atoms with Crippen LogP contribution in [0, 0.1) is 0 Å². The van der Waals surface area contributed by atoms with Crippen LogP contribution in [0.3, 0.4) is 0 Å². The summed E-state index contributed by atoms with van der Waals surface area (Å²) in [6, 6.07) is 18.6. The molecule has 0 fully saturated rings. The van der Waals surface area contributed by atoms with E-state index in [2.05, 4.69) is 0 Å². The highest BCUT2D eigenvalue weighted by atomic mass is 35.5. The Kier molecular flexibility index (Phi) is 6.47. The van der Waals surface area contributed by atoms with Gasteiger partial charge in [-0.25, -0.2) is 0 Å². The lowest BCUT2D eigenvalue weighted by atomic mass is 10.0. The van der Waals surface area contributed by atoms with Crippen molar-refractivity contribution in [2.24, 2.45) is 0 Å². The Hall–Kier alpha value is -1.31. The summed E-state index contributed by atoms with van der Waals surface area (Å²) < 4.78 is 0. The lowest BCUT2D eigenvalue weighted by Gasteiger charge is -1.99. The average Bonchev–Trinajstić information content (AvgIpc) is 2.30. The van der Waals surface area contributed by atoms with Crippen molar-refractivity contribution in [1.82, 2.24) is 0 Å². The summed E-state index contributed by atoms with van der Waals surface area (Å²) in [6.45, 7) is 0. The Morgan fingerprint density at radius 2 is 0.938 bits per heavy atom. The molecule has 0 atom stereocenters. The smallest absolute Gasteiger partial charge is 0.193 e. The topological polar surface area (TPSA) is 17.1 Å². The van der Waals surface area contributed by atoms with Gasteiger partial charge in [-0.3, -0.25) is 4.79 Å². The standard InChI is InChI=1S/C13H10O.2ClH/c14-13(11-7-3-1-4-8-11)12-9-5-2-6-10-12;;/h1-10H;2*1H/p-2. The number of ketones is 1. The van der Waals surface area contributed by atoms with Gasteiger partial charge < -0.3 is 24.8 Å². The molecule has 0 aliphatic carbocycles. The van der Waals surface area contributed by atoms with Crippen LogP contribution in [0.4, 0.5) is 0 Å². The molecule has 0 amide bonds. The Morgan fingerprint density at radius 1 is 0.625 bits per heavy atom. The molecule has 0 N–H and O–H groups in total. The highest BCUT2D eigenvalue weighted by Crippen LogP contribution is 2.08. The minimum absolute atomic E-state index is 0. The van der Waals surface area contributed by atoms with Crippen molar-refractivity contribution >= 4 is 5.78 Å². The van der Waals surface area contributed by atoms with Crippen molar-refractivity contribution in [2.45, 2.75) is 0 Å². The number of halogens is 2. The van der Waals surface area contributed by atoms with E-state index in [1.54, 1.807) is 0 Å². The first-order valence-electron chi connectivity index (χ1n) is 4.53. The predicted molar refractivity (Wildman–Crippen MR) is 56.3 cm³/mol. The van der Waals surface area contributed by atoms with Gasteiger partial charge in [0.25, 0.3) is 0 Å². The molecule has 1 nitrogen and oxygen atoms in total. The van der Waals surface area contributed by atoms with E-state index in [1.165, 1.54) is 0 Å². The normalized spacial score (nSPS) is 8.50. The van der Waals surface area contributed by atoms with Gasteiger partial charge in [-0.15, -0.1) is 0 Å². The minimum Gasteiger partial charge on any atom is -1.00 e. The lowest BCUT2D eigenvalue weighted by molar-refractivity contribution is -0.001000. The first-order chi connectivity index (χ1) is 6.88. The van der Waals surface area contributed by atoms with Crippen LogP contribution >= 0.6 is 0 Å². The number of carbonyl (C=O) groups excluding carboxylic acids is 1. The van der Waals surface area contributed by atoms with E-state index in [0.29, 0.717) is 0 Å². The highest BCUT2D eigenvalue weighted by molar-refractivity contribution is 6.08. The largest absolute Gasteiger partial charge is 1.00 e. The second-order valence-corrected chi connectivity index (χ2v) is 3.06. The molecule has 0 bridgehead atoms. The van der Waals surface area contributed by atoms with Crippen LogP contribution in [0.1, 0.15) is 15.9 Å². The zero-order valence-electron chi connectivity index (χ0n) is 8.44. The van der Waals surface area contributed by atoms with E-state index >= 15 is 0 Å². The van der Waals surface area contributed by atoms with E-state index in [0.717, 1.165) is 11.1 Å². The SMILES string of the molecule is O=C(c1ccccc1)c1ccccc1.[Cl-].[Cl-]. The van der Waals surface area contributed by atoms with Crippen molar-refractivity contribution in [3.63, 3.8) is 0 Å². The van der Waals surface area contributed by atoms with Gasteiger partial charge in [0.2, 0.25) is 0 Å². The number of hydrogen-bond donors (Lipinski definition) is 0. The molecule has 0 aliphatic rings. The Labute approximate surface area is 107 Å². The summed E-state index contributed by atoms with van der Waals surface area (Å²) in [5.41, 5.74) is 1.47. The van der Waals surface area contributed by atoms with Gasteiger partial charge in [-0.05, 0) is 0 Å². The van der Waals surface area contributed by atoms with Gasteiger partial charge in [0.1, 0.15) is 0 Å². The molecule has 0 spiro atoms. The summed E-state index contributed by atoms with van der Waals surface area (Å²) in [4.78, 5) is 11.8. The van der Waals surface area contributed by atoms with Gasteiger partial charge in [0, 0.05) is 11.1 Å². The molecule has 84 valence electrons. The quantitative estimate of drug-likeness (QED) is 0.519. The summed E-state index contributed by atoms with van der Waals surface area (Å²) in [5.74, 6) is 0.0752. The predicted octanol–water partition coefficient (Wildman–Crippen LogP) is -3.07. The Balaban J connectivity index is 0.00000112. The van der Waals surface area contributed by atoms with Crippen LogP contribution in [0.5, 0.6) is 0 Å². The summed E-state index contributed by atoms with van der Waals surface area (Å²) >= 11 is 0. The van der Waals surface area contributed by atoms with E-state index < -0.39 is 0 Å². The maximum atomic E-state index is 11.8. The average molecular weight is 253 g/mol. The van der Waals surface area contributed by atoms with Gasteiger partial charge in [-0.1, -0.05) is 60.7 Å². The molecule has 0 aromatic heterocycles. The molecule has 0 aliphatic heterocycles. The highest BCUT2D eigenvalue weighted by Gasteiger charge is 2.06. The fourth-order valence-corrected chi connectivity index (χ4v) is 1.35. The van der Waals surface area contributed by atoms with Crippen molar-refractivity contribution in [3.8, 4) is 0 Å². The summed E-state index contributed by atoms with van der Waals surface area (Å²) in [5, 5.41) is 0. The molecule has 3 heteroatoms. The third kappa shape index (κ3) is 3.37.